The number of nitro groups is 1. The van der Waals surface area contributed by atoms with Crippen molar-refractivity contribution in [2.24, 2.45) is 0 Å². The van der Waals surface area contributed by atoms with Gasteiger partial charge in [0, 0.05) is 44.5 Å². The second kappa shape index (κ2) is 6.98. The fourth-order valence-electron chi connectivity index (χ4n) is 2.86. The van der Waals surface area contributed by atoms with Crippen molar-refractivity contribution >= 4 is 23.0 Å². The van der Waals surface area contributed by atoms with Crippen LogP contribution in [0.5, 0.6) is 0 Å². The lowest BCUT2D eigenvalue weighted by atomic mass is 10.1. The van der Waals surface area contributed by atoms with E-state index in [-0.39, 0.29) is 10.7 Å². The van der Waals surface area contributed by atoms with Crippen LogP contribution in [0.1, 0.15) is 5.56 Å². The Hall–Kier alpha value is -2.11. The van der Waals surface area contributed by atoms with Gasteiger partial charge >= 0.3 is 0 Å². The molecule has 0 amide bonds. The number of anilines is 1. The van der Waals surface area contributed by atoms with Gasteiger partial charge in [-0.15, -0.1) is 0 Å². The third-order valence-corrected chi connectivity index (χ3v) is 4.43. The first kappa shape index (κ1) is 15.8. The molecule has 0 radical (unpaired) electrons. The first-order chi connectivity index (χ1) is 11.1. The van der Waals surface area contributed by atoms with Gasteiger partial charge in [-0.3, -0.25) is 15.0 Å². The Labute approximate surface area is 140 Å². The van der Waals surface area contributed by atoms with Crippen LogP contribution in [0.25, 0.3) is 0 Å². The zero-order valence-corrected chi connectivity index (χ0v) is 13.4. The largest absolute Gasteiger partial charge is 0.369 e. The molecule has 0 atom stereocenters. The molecule has 23 heavy (non-hydrogen) atoms. The number of piperazine rings is 1. The van der Waals surface area contributed by atoms with Crippen LogP contribution in [0, 0.1) is 10.1 Å². The fraction of sp³-hybridized carbons (Fsp3) is 0.294. The van der Waals surface area contributed by atoms with E-state index in [4.69, 9.17) is 11.6 Å². The molecule has 3 rings (SSSR count). The Balaban J connectivity index is 1.61. The van der Waals surface area contributed by atoms with E-state index in [1.807, 2.05) is 12.1 Å². The van der Waals surface area contributed by atoms with Crippen LogP contribution < -0.4 is 4.90 Å². The van der Waals surface area contributed by atoms with Crippen LogP contribution in [-0.2, 0) is 6.54 Å². The number of benzene rings is 2. The average Bonchev–Trinajstić information content (AvgIpc) is 2.58. The van der Waals surface area contributed by atoms with E-state index in [2.05, 4.69) is 34.1 Å². The van der Waals surface area contributed by atoms with Crippen molar-refractivity contribution in [3.63, 3.8) is 0 Å². The average molecular weight is 332 g/mol. The lowest BCUT2D eigenvalue weighted by Gasteiger charge is -2.36. The molecule has 1 aliphatic heterocycles. The molecule has 0 bridgehead atoms. The van der Waals surface area contributed by atoms with Crippen molar-refractivity contribution in [2.45, 2.75) is 6.54 Å². The molecule has 2 aromatic carbocycles. The minimum atomic E-state index is -0.431. The second-order valence-electron chi connectivity index (χ2n) is 5.64. The van der Waals surface area contributed by atoms with Crippen LogP contribution in [-0.4, -0.2) is 36.0 Å². The molecule has 0 N–H and O–H groups in total. The quantitative estimate of drug-likeness (QED) is 0.635. The van der Waals surface area contributed by atoms with Crippen LogP contribution in [0.15, 0.2) is 48.5 Å². The van der Waals surface area contributed by atoms with Crippen molar-refractivity contribution in [3.8, 4) is 0 Å². The molecular weight excluding hydrogens is 314 g/mol. The number of rotatable bonds is 4. The predicted octanol–water partition coefficient (Wildman–Crippen LogP) is 3.57. The van der Waals surface area contributed by atoms with E-state index in [1.165, 1.54) is 5.69 Å². The SMILES string of the molecule is O=[N+]([O-])c1cc(CN2CCN(c3ccccc3)CC2)ccc1Cl. The van der Waals surface area contributed by atoms with Crippen molar-refractivity contribution in [3.05, 3.63) is 69.2 Å². The third kappa shape index (κ3) is 3.81. The van der Waals surface area contributed by atoms with Crippen molar-refractivity contribution in [2.75, 3.05) is 31.1 Å². The van der Waals surface area contributed by atoms with Crippen LogP contribution in [0.3, 0.4) is 0 Å². The predicted molar refractivity (Wildman–Crippen MR) is 92.0 cm³/mol. The Bertz CT molecular complexity index is 685. The molecule has 0 saturated carbocycles. The van der Waals surface area contributed by atoms with Crippen LogP contribution >= 0.6 is 11.6 Å². The maximum absolute atomic E-state index is 11.0. The van der Waals surface area contributed by atoms with E-state index in [1.54, 1.807) is 12.1 Å². The van der Waals surface area contributed by atoms with E-state index in [9.17, 15) is 10.1 Å². The Kier molecular flexibility index (Phi) is 4.79. The molecular formula is C17H18ClN3O2. The van der Waals surface area contributed by atoms with Gasteiger partial charge < -0.3 is 4.90 Å². The van der Waals surface area contributed by atoms with Gasteiger partial charge in [-0.05, 0) is 23.8 Å². The fourth-order valence-corrected chi connectivity index (χ4v) is 3.04. The van der Waals surface area contributed by atoms with Crippen LogP contribution in [0.2, 0.25) is 5.02 Å². The summed E-state index contributed by atoms with van der Waals surface area (Å²) in [7, 11) is 0. The summed E-state index contributed by atoms with van der Waals surface area (Å²) >= 11 is 5.86. The zero-order valence-electron chi connectivity index (χ0n) is 12.7. The Morgan fingerprint density at radius 1 is 1.04 bits per heavy atom. The summed E-state index contributed by atoms with van der Waals surface area (Å²) in [5.41, 5.74) is 2.15. The lowest BCUT2D eigenvalue weighted by molar-refractivity contribution is -0.384. The van der Waals surface area contributed by atoms with Crippen molar-refractivity contribution in [1.82, 2.24) is 4.90 Å². The molecule has 1 fully saturated rings. The molecule has 6 heteroatoms. The van der Waals surface area contributed by atoms with Gasteiger partial charge in [0.05, 0.1) is 4.92 Å². The monoisotopic (exact) mass is 331 g/mol. The number of halogens is 1. The standard InChI is InChI=1S/C17H18ClN3O2/c18-16-7-6-14(12-17(16)21(22)23)13-19-8-10-20(11-9-19)15-4-2-1-3-5-15/h1-7,12H,8-11,13H2. The molecule has 1 saturated heterocycles. The highest BCUT2D eigenvalue weighted by atomic mass is 35.5. The molecule has 0 spiro atoms. The smallest absolute Gasteiger partial charge is 0.288 e. The Morgan fingerprint density at radius 3 is 2.39 bits per heavy atom. The summed E-state index contributed by atoms with van der Waals surface area (Å²) in [6.45, 7) is 4.50. The minimum Gasteiger partial charge on any atom is -0.369 e. The number of nitro benzene ring substituents is 1. The molecule has 0 unspecified atom stereocenters. The van der Waals surface area contributed by atoms with Gasteiger partial charge in [0.2, 0.25) is 0 Å². The van der Waals surface area contributed by atoms with Gasteiger partial charge in [-0.2, -0.15) is 0 Å². The lowest BCUT2D eigenvalue weighted by Crippen LogP contribution is -2.45. The first-order valence-electron chi connectivity index (χ1n) is 7.58. The normalized spacial score (nSPS) is 15.6. The number of hydrogen-bond acceptors (Lipinski definition) is 4. The molecule has 0 aliphatic carbocycles. The van der Waals surface area contributed by atoms with E-state index < -0.39 is 4.92 Å². The highest BCUT2D eigenvalue weighted by Crippen LogP contribution is 2.26. The highest BCUT2D eigenvalue weighted by Gasteiger charge is 2.19. The van der Waals surface area contributed by atoms with Crippen molar-refractivity contribution < 1.29 is 4.92 Å². The molecule has 0 aromatic heterocycles. The summed E-state index contributed by atoms with van der Waals surface area (Å²) in [6, 6.07) is 15.4. The third-order valence-electron chi connectivity index (χ3n) is 4.11. The van der Waals surface area contributed by atoms with E-state index >= 15 is 0 Å². The van der Waals surface area contributed by atoms with Gasteiger partial charge in [-0.1, -0.05) is 35.9 Å². The molecule has 5 nitrogen and oxygen atoms in total. The van der Waals surface area contributed by atoms with E-state index in [0.717, 1.165) is 31.7 Å². The minimum absolute atomic E-state index is 0.0212. The number of hydrogen-bond donors (Lipinski definition) is 0. The summed E-state index contributed by atoms with van der Waals surface area (Å²) in [6.07, 6.45) is 0. The maximum atomic E-state index is 11.0. The van der Waals surface area contributed by atoms with Gasteiger partial charge in [0.25, 0.3) is 5.69 Å². The number of para-hydroxylation sites is 1. The zero-order chi connectivity index (χ0) is 16.2. The summed E-state index contributed by atoms with van der Waals surface area (Å²) in [4.78, 5) is 15.2. The summed E-state index contributed by atoms with van der Waals surface area (Å²) < 4.78 is 0. The van der Waals surface area contributed by atoms with Crippen molar-refractivity contribution in [1.29, 1.82) is 0 Å². The molecule has 120 valence electrons. The summed E-state index contributed by atoms with van der Waals surface area (Å²) in [5, 5.41) is 11.2. The first-order valence-corrected chi connectivity index (χ1v) is 7.96. The second-order valence-corrected chi connectivity index (χ2v) is 6.05. The topological polar surface area (TPSA) is 49.6 Å². The van der Waals surface area contributed by atoms with Gasteiger partial charge in [0.15, 0.2) is 0 Å². The highest BCUT2D eigenvalue weighted by molar-refractivity contribution is 6.32. The van der Waals surface area contributed by atoms with Crippen LogP contribution in [0.4, 0.5) is 11.4 Å². The van der Waals surface area contributed by atoms with Gasteiger partial charge in [-0.25, -0.2) is 0 Å². The molecule has 1 heterocycles. The van der Waals surface area contributed by atoms with E-state index in [0.29, 0.717) is 6.54 Å². The summed E-state index contributed by atoms with van der Waals surface area (Å²) in [5.74, 6) is 0. The molecule has 2 aromatic rings. The molecule has 1 aliphatic rings. The Morgan fingerprint density at radius 2 is 1.74 bits per heavy atom. The van der Waals surface area contributed by atoms with Gasteiger partial charge in [0.1, 0.15) is 5.02 Å². The number of nitrogens with zero attached hydrogens (tertiary/aromatic N) is 3. The maximum Gasteiger partial charge on any atom is 0.288 e.